The monoisotopic (exact) mass is 267 g/mol. The fraction of sp³-hybridized carbons (Fsp3) is 0.632. The third-order valence-corrected chi connectivity index (χ3v) is 5.60. The Hall–Kier alpha value is -1.29. The first-order chi connectivity index (χ1) is 9.86. The number of hydrogen-bond donors (Lipinski definition) is 0. The highest BCUT2D eigenvalue weighted by Crippen LogP contribution is 2.42. The van der Waals surface area contributed by atoms with Gasteiger partial charge in [-0.3, -0.25) is 0 Å². The molecule has 0 heterocycles. The van der Waals surface area contributed by atoms with Gasteiger partial charge in [-0.2, -0.15) is 5.26 Å². The van der Waals surface area contributed by atoms with Crippen LogP contribution in [0.4, 0.5) is 0 Å². The van der Waals surface area contributed by atoms with Crippen LogP contribution in [0.1, 0.15) is 74.8 Å². The smallest absolute Gasteiger partial charge is 0.0991 e. The molecule has 1 nitrogen and oxygen atoms in total. The zero-order valence-corrected chi connectivity index (χ0v) is 12.4. The molecule has 0 aromatic heterocycles. The third kappa shape index (κ3) is 3.06. The second-order valence-electron chi connectivity index (χ2n) is 6.74. The summed E-state index contributed by atoms with van der Waals surface area (Å²) in [5, 5.41) is 8.87. The molecule has 0 amide bonds. The molecule has 1 aromatic rings. The highest BCUT2D eigenvalue weighted by Gasteiger charge is 2.28. The van der Waals surface area contributed by atoms with E-state index in [-0.39, 0.29) is 0 Å². The van der Waals surface area contributed by atoms with E-state index < -0.39 is 0 Å². The first-order valence-corrected chi connectivity index (χ1v) is 8.37. The largest absolute Gasteiger partial charge is 0.192 e. The highest BCUT2D eigenvalue weighted by molar-refractivity contribution is 5.33. The average Bonchev–Trinajstić information content (AvgIpc) is 2.56. The Morgan fingerprint density at radius 1 is 0.750 bits per heavy atom. The normalized spacial score (nSPS) is 27.9. The maximum Gasteiger partial charge on any atom is 0.0991 e. The van der Waals surface area contributed by atoms with Gasteiger partial charge in [0, 0.05) is 0 Å². The van der Waals surface area contributed by atoms with Crippen LogP contribution in [0.5, 0.6) is 0 Å². The van der Waals surface area contributed by atoms with E-state index in [1.807, 2.05) is 12.1 Å². The minimum absolute atomic E-state index is 0.739. The molecule has 0 spiro atoms. The summed E-state index contributed by atoms with van der Waals surface area (Å²) in [5.74, 6) is 2.78. The van der Waals surface area contributed by atoms with E-state index in [0.717, 1.165) is 23.3 Å². The van der Waals surface area contributed by atoms with Gasteiger partial charge >= 0.3 is 0 Å². The predicted octanol–water partition coefficient (Wildman–Crippen LogP) is 5.41. The molecule has 0 unspecified atom stereocenters. The van der Waals surface area contributed by atoms with Crippen LogP contribution in [0.25, 0.3) is 0 Å². The molecular weight excluding hydrogens is 242 g/mol. The Morgan fingerprint density at radius 2 is 1.35 bits per heavy atom. The first kappa shape index (κ1) is 13.7. The molecule has 2 saturated carbocycles. The van der Waals surface area contributed by atoms with Crippen molar-refractivity contribution in [1.82, 2.24) is 0 Å². The Morgan fingerprint density at radius 3 is 1.95 bits per heavy atom. The summed E-state index contributed by atoms with van der Waals surface area (Å²) in [4.78, 5) is 0. The van der Waals surface area contributed by atoms with Gasteiger partial charge in [0.25, 0.3) is 0 Å². The Labute approximate surface area is 123 Å². The van der Waals surface area contributed by atoms with Gasteiger partial charge in [-0.05, 0) is 61.1 Å². The number of hydrogen-bond acceptors (Lipinski definition) is 1. The number of rotatable bonds is 2. The van der Waals surface area contributed by atoms with Crippen LogP contribution in [0.3, 0.4) is 0 Å². The Bertz CT molecular complexity index is 454. The van der Waals surface area contributed by atoms with Gasteiger partial charge < -0.3 is 0 Å². The molecule has 1 aromatic carbocycles. The minimum Gasteiger partial charge on any atom is -0.192 e. The van der Waals surface area contributed by atoms with E-state index in [0.29, 0.717) is 0 Å². The van der Waals surface area contributed by atoms with Crippen molar-refractivity contribution in [3.8, 4) is 6.07 Å². The van der Waals surface area contributed by atoms with E-state index in [1.54, 1.807) is 0 Å². The summed E-state index contributed by atoms with van der Waals surface area (Å²) in [6.45, 7) is 0. The summed E-state index contributed by atoms with van der Waals surface area (Å²) in [5.41, 5.74) is 2.23. The van der Waals surface area contributed by atoms with E-state index in [1.165, 1.54) is 63.4 Å². The predicted molar refractivity (Wildman–Crippen MR) is 82.4 cm³/mol. The van der Waals surface area contributed by atoms with Crippen LogP contribution in [0, 0.1) is 23.2 Å². The lowest BCUT2D eigenvalue weighted by molar-refractivity contribution is 0.186. The SMILES string of the molecule is N#Cc1ccc([C@H]2CC[C@H](C3CCCCC3)CC2)cc1. The maximum atomic E-state index is 8.87. The molecule has 2 aliphatic rings. The molecule has 20 heavy (non-hydrogen) atoms. The fourth-order valence-electron chi connectivity index (χ4n) is 4.36. The van der Waals surface area contributed by atoms with Crippen molar-refractivity contribution in [2.24, 2.45) is 11.8 Å². The van der Waals surface area contributed by atoms with Crippen molar-refractivity contribution in [2.45, 2.75) is 63.7 Å². The lowest BCUT2D eigenvalue weighted by atomic mass is 9.70. The molecule has 0 aliphatic heterocycles. The van der Waals surface area contributed by atoms with E-state index in [9.17, 15) is 0 Å². The van der Waals surface area contributed by atoms with Crippen molar-refractivity contribution < 1.29 is 0 Å². The van der Waals surface area contributed by atoms with E-state index in [4.69, 9.17) is 5.26 Å². The standard InChI is InChI=1S/C19H25N/c20-14-15-6-8-17(9-7-15)19-12-10-18(11-13-19)16-4-2-1-3-5-16/h6-9,16,18-19H,1-5,10-13H2/t18-,19-. The van der Waals surface area contributed by atoms with Crippen LogP contribution in [0.2, 0.25) is 0 Å². The molecule has 3 rings (SSSR count). The van der Waals surface area contributed by atoms with Crippen LogP contribution < -0.4 is 0 Å². The van der Waals surface area contributed by atoms with Crippen LogP contribution in [-0.2, 0) is 0 Å². The molecular formula is C19H25N. The average molecular weight is 267 g/mol. The van der Waals surface area contributed by atoms with Crippen LogP contribution in [0.15, 0.2) is 24.3 Å². The summed E-state index contributed by atoms with van der Waals surface area (Å²) in [6.07, 6.45) is 13.0. The minimum atomic E-state index is 0.739. The second kappa shape index (κ2) is 6.44. The molecule has 1 heteroatoms. The van der Waals surface area contributed by atoms with Crippen molar-refractivity contribution in [2.75, 3.05) is 0 Å². The van der Waals surface area contributed by atoms with Crippen molar-refractivity contribution in [3.63, 3.8) is 0 Å². The molecule has 0 saturated heterocycles. The van der Waals surface area contributed by atoms with Gasteiger partial charge in [-0.15, -0.1) is 0 Å². The maximum absolute atomic E-state index is 8.87. The van der Waals surface area contributed by atoms with Gasteiger partial charge in [0.15, 0.2) is 0 Å². The van der Waals surface area contributed by atoms with Crippen molar-refractivity contribution >= 4 is 0 Å². The Balaban J connectivity index is 1.56. The van der Waals surface area contributed by atoms with Gasteiger partial charge in [0.2, 0.25) is 0 Å². The third-order valence-electron chi connectivity index (χ3n) is 5.60. The lowest BCUT2D eigenvalue weighted by Crippen LogP contribution is -2.23. The highest BCUT2D eigenvalue weighted by atomic mass is 14.3. The molecule has 106 valence electrons. The van der Waals surface area contributed by atoms with Crippen molar-refractivity contribution in [3.05, 3.63) is 35.4 Å². The van der Waals surface area contributed by atoms with Gasteiger partial charge in [-0.1, -0.05) is 44.2 Å². The quantitative estimate of drug-likeness (QED) is 0.702. The molecule has 0 bridgehead atoms. The first-order valence-electron chi connectivity index (χ1n) is 8.37. The summed E-state index contributed by atoms with van der Waals surface area (Å²) < 4.78 is 0. The van der Waals surface area contributed by atoms with Gasteiger partial charge in [0.05, 0.1) is 11.6 Å². The number of nitrogens with zero attached hydrogens (tertiary/aromatic N) is 1. The summed E-state index contributed by atoms with van der Waals surface area (Å²) in [7, 11) is 0. The molecule has 0 radical (unpaired) electrons. The number of nitriles is 1. The number of benzene rings is 1. The summed E-state index contributed by atoms with van der Waals surface area (Å²) in [6, 6.07) is 10.5. The lowest BCUT2D eigenvalue weighted by Gasteiger charge is -2.36. The molecule has 2 aliphatic carbocycles. The van der Waals surface area contributed by atoms with Crippen LogP contribution in [-0.4, -0.2) is 0 Å². The zero-order valence-electron chi connectivity index (χ0n) is 12.4. The fourth-order valence-corrected chi connectivity index (χ4v) is 4.36. The Kier molecular flexibility index (Phi) is 4.41. The van der Waals surface area contributed by atoms with E-state index in [2.05, 4.69) is 18.2 Å². The zero-order chi connectivity index (χ0) is 13.8. The van der Waals surface area contributed by atoms with Crippen LogP contribution >= 0.6 is 0 Å². The van der Waals surface area contributed by atoms with E-state index >= 15 is 0 Å². The van der Waals surface area contributed by atoms with Crippen molar-refractivity contribution in [1.29, 1.82) is 5.26 Å². The molecule has 0 atom stereocenters. The second-order valence-corrected chi connectivity index (χ2v) is 6.74. The van der Waals surface area contributed by atoms with Gasteiger partial charge in [0.1, 0.15) is 0 Å². The molecule has 0 N–H and O–H groups in total. The summed E-state index contributed by atoms with van der Waals surface area (Å²) >= 11 is 0. The molecule has 2 fully saturated rings. The topological polar surface area (TPSA) is 23.8 Å². The van der Waals surface area contributed by atoms with Gasteiger partial charge in [-0.25, -0.2) is 0 Å².